The fourth-order valence-electron chi connectivity index (χ4n) is 2.20. The van der Waals surface area contributed by atoms with Crippen LogP contribution in [0.5, 0.6) is 5.75 Å². The highest BCUT2D eigenvalue weighted by atomic mass is 79.9. The maximum absolute atomic E-state index is 12.2. The summed E-state index contributed by atoms with van der Waals surface area (Å²) in [6, 6.07) is 12.0. The lowest BCUT2D eigenvalue weighted by atomic mass is 10.2. The molecular weight excluding hydrogens is 376 g/mol. The van der Waals surface area contributed by atoms with Crippen molar-refractivity contribution in [2.45, 2.75) is 6.61 Å². The van der Waals surface area contributed by atoms with E-state index in [1.54, 1.807) is 42.5 Å². The molecule has 24 heavy (non-hydrogen) atoms. The lowest BCUT2D eigenvalue weighted by molar-refractivity contribution is 0.0461. The van der Waals surface area contributed by atoms with E-state index in [9.17, 15) is 9.59 Å². The Bertz CT molecular complexity index is 968. The molecule has 0 amide bonds. The highest BCUT2D eigenvalue weighted by Gasteiger charge is 2.14. The van der Waals surface area contributed by atoms with Gasteiger partial charge in [-0.3, -0.25) is 4.79 Å². The van der Waals surface area contributed by atoms with Gasteiger partial charge in [0.2, 0.25) is 0 Å². The molecule has 0 aliphatic rings. The van der Waals surface area contributed by atoms with Crippen LogP contribution in [0.25, 0.3) is 10.9 Å². The number of aromatic amines is 1. The van der Waals surface area contributed by atoms with Gasteiger partial charge in [0.25, 0.3) is 5.56 Å². The summed E-state index contributed by atoms with van der Waals surface area (Å²) in [4.78, 5) is 31.1. The fraction of sp³-hybridized carbons (Fsp3) is 0.118. The van der Waals surface area contributed by atoms with E-state index in [2.05, 4.69) is 25.9 Å². The molecule has 0 fully saturated rings. The summed E-state index contributed by atoms with van der Waals surface area (Å²) in [6.07, 6.45) is 0. The number of ether oxygens (including phenoxy) is 2. The molecule has 3 aromatic rings. The molecule has 1 N–H and O–H groups in total. The molecule has 2 aromatic carbocycles. The van der Waals surface area contributed by atoms with Crippen LogP contribution < -0.4 is 10.3 Å². The van der Waals surface area contributed by atoms with Gasteiger partial charge in [-0.05, 0) is 46.3 Å². The summed E-state index contributed by atoms with van der Waals surface area (Å²) in [6.45, 7) is -0.136. The number of carbonyl (C=O) groups is 1. The number of methoxy groups -OCH3 is 1. The van der Waals surface area contributed by atoms with Crippen molar-refractivity contribution >= 4 is 32.8 Å². The molecule has 6 nitrogen and oxygen atoms in total. The first-order valence-electron chi connectivity index (χ1n) is 7.07. The zero-order valence-corrected chi connectivity index (χ0v) is 14.3. The molecule has 0 radical (unpaired) electrons. The summed E-state index contributed by atoms with van der Waals surface area (Å²) in [5.74, 6) is 0.282. The maximum Gasteiger partial charge on any atom is 0.339 e. The Morgan fingerprint density at radius 1 is 1.25 bits per heavy atom. The zero-order valence-electron chi connectivity index (χ0n) is 12.7. The van der Waals surface area contributed by atoms with Gasteiger partial charge in [0.1, 0.15) is 18.2 Å². The molecule has 1 heterocycles. The van der Waals surface area contributed by atoms with E-state index in [1.165, 1.54) is 7.11 Å². The second-order valence-corrected chi connectivity index (χ2v) is 5.81. The Hall–Kier alpha value is -2.67. The first-order valence-corrected chi connectivity index (χ1v) is 7.86. The second-order valence-electron chi connectivity index (χ2n) is 4.95. The van der Waals surface area contributed by atoms with Crippen LogP contribution in [0.15, 0.2) is 51.7 Å². The van der Waals surface area contributed by atoms with Gasteiger partial charge < -0.3 is 14.5 Å². The number of aromatic nitrogens is 2. The minimum absolute atomic E-state index is 0.136. The molecule has 0 unspecified atom stereocenters. The van der Waals surface area contributed by atoms with Gasteiger partial charge in [-0.15, -0.1) is 0 Å². The first-order chi connectivity index (χ1) is 11.6. The minimum atomic E-state index is -0.545. The molecule has 7 heteroatoms. The molecule has 0 atom stereocenters. The number of halogens is 1. The first kappa shape index (κ1) is 16.2. The second kappa shape index (κ2) is 6.84. The number of esters is 1. The van der Waals surface area contributed by atoms with E-state index in [1.807, 2.05) is 0 Å². The van der Waals surface area contributed by atoms with Gasteiger partial charge in [0.15, 0.2) is 0 Å². The van der Waals surface area contributed by atoms with E-state index in [-0.39, 0.29) is 18.0 Å². The van der Waals surface area contributed by atoms with Crippen molar-refractivity contribution in [2.75, 3.05) is 7.11 Å². The highest BCUT2D eigenvalue weighted by molar-refractivity contribution is 9.10. The summed E-state index contributed by atoms with van der Waals surface area (Å²) >= 11 is 3.30. The Morgan fingerprint density at radius 3 is 2.83 bits per heavy atom. The standard InChI is InChI=1S/C17H13BrN2O4/c1-23-10-6-7-13(18)12(8-10)17(22)24-9-15-19-14-5-3-2-4-11(14)16(21)20-15/h2-8H,9H2,1H3,(H,19,20,21). The van der Waals surface area contributed by atoms with Crippen molar-refractivity contribution in [3.8, 4) is 5.75 Å². The van der Waals surface area contributed by atoms with Gasteiger partial charge >= 0.3 is 5.97 Å². The molecule has 3 rings (SSSR count). The van der Waals surface area contributed by atoms with E-state index >= 15 is 0 Å². The highest BCUT2D eigenvalue weighted by Crippen LogP contribution is 2.23. The van der Waals surface area contributed by atoms with Crippen LogP contribution in [0.2, 0.25) is 0 Å². The Morgan fingerprint density at radius 2 is 2.04 bits per heavy atom. The molecule has 0 aliphatic heterocycles. The quantitative estimate of drug-likeness (QED) is 0.694. The monoisotopic (exact) mass is 388 g/mol. The van der Waals surface area contributed by atoms with Crippen LogP contribution in [-0.2, 0) is 11.3 Å². The smallest absolute Gasteiger partial charge is 0.339 e. The Kier molecular flexibility index (Phi) is 4.61. The number of nitrogens with one attached hydrogen (secondary N) is 1. The average Bonchev–Trinajstić information content (AvgIpc) is 2.60. The number of carbonyl (C=O) groups excluding carboxylic acids is 1. The number of H-pyrrole nitrogens is 1. The van der Waals surface area contributed by atoms with Gasteiger partial charge in [-0.1, -0.05) is 12.1 Å². The van der Waals surface area contributed by atoms with Gasteiger partial charge in [-0.25, -0.2) is 9.78 Å². The number of rotatable bonds is 4. The van der Waals surface area contributed by atoms with Crippen LogP contribution in [0.4, 0.5) is 0 Å². The molecule has 0 saturated heterocycles. The minimum Gasteiger partial charge on any atom is -0.497 e. The van der Waals surface area contributed by atoms with Crippen LogP contribution in [-0.4, -0.2) is 23.0 Å². The van der Waals surface area contributed by atoms with Crippen molar-refractivity contribution < 1.29 is 14.3 Å². The molecule has 0 saturated carbocycles. The Balaban J connectivity index is 1.81. The van der Waals surface area contributed by atoms with Crippen LogP contribution in [0.3, 0.4) is 0 Å². The molecule has 122 valence electrons. The number of para-hydroxylation sites is 1. The third-order valence-corrected chi connectivity index (χ3v) is 4.09. The maximum atomic E-state index is 12.2. The van der Waals surface area contributed by atoms with E-state index < -0.39 is 5.97 Å². The van der Waals surface area contributed by atoms with Crippen molar-refractivity contribution in [3.05, 3.63) is 68.7 Å². The summed E-state index contributed by atoms with van der Waals surface area (Å²) in [7, 11) is 1.52. The number of hydrogen-bond donors (Lipinski definition) is 1. The van der Waals surface area contributed by atoms with E-state index in [0.29, 0.717) is 26.7 Å². The predicted molar refractivity (Wildman–Crippen MR) is 92.2 cm³/mol. The van der Waals surface area contributed by atoms with Gasteiger partial charge in [0, 0.05) is 4.47 Å². The third-order valence-electron chi connectivity index (χ3n) is 3.40. The summed E-state index contributed by atoms with van der Waals surface area (Å²) in [5.41, 5.74) is 0.613. The van der Waals surface area contributed by atoms with Gasteiger partial charge in [0.05, 0.1) is 23.6 Å². The molecule has 1 aromatic heterocycles. The van der Waals surface area contributed by atoms with Gasteiger partial charge in [-0.2, -0.15) is 0 Å². The summed E-state index contributed by atoms with van der Waals surface area (Å²) < 4.78 is 10.9. The largest absolute Gasteiger partial charge is 0.497 e. The van der Waals surface area contributed by atoms with E-state index in [4.69, 9.17) is 9.47 Å². The topological polar surface area (TPSA) is 81.3 Å². The van der Waals surface area contributed by atoms with Crippen molar-refractivity contribution in [3.63, 3.8) is 0 Å². The number of fused-ring (bicyclic) bond motifs is 1. The van der Waals surface area contributed by atoms with E-state index in [0.717, 1.165) is 0 Å². The van der Waals surface area contributed by atoms with Crippen molar-refractivity contribution in [1.82, 2.24) is 9.97 Å². The van der Waals surface area contributed by atoms with Crippen LogP contribution in [0.1, 0.15) is 16.2 Å². The lowest BCUT2D eigenvalue weighted by Crippen LogP contribution is -2.14. The molecule has 0 spiro atoms. The number of hydrogen-bond acceptors (Lipinski definition) is 5. The van der Waals surface area contributed by atoms with Crippen LogP contribution in [0, 0.1) is 0 Å². The third kappa shape index (κ3) is 3.30. The van der Waals surface area contributed by atoms with Crippen molar-refractivity contribution in [2.24, 2.45) is 0 Å². The lowest BCUT2D eigenvalue weighted by Gasteiger charge is -2.08. The molecule has 0 bridgehead atoms. The summed E-state index contributed by atoms with van der Waals surface area (Å²) in [5, 5.41) is 0.489. The molecular formula is C17H13BrN2O4. The predicted octanol–water partition coefficient (Wildman–Crippen LogP) is 3.05. The average molecular weight is 389 g/mol. The molecule has 0 aliphatic carbocycles. The fourth-order valence-corrected chi connectivity index (χ4v) is 2.61. The van der Waals surface area contributed by atoms with Crippen LogP contribution >= 0.6 is 15.9 Å². The SMILES string of the molecule is COc1ccc(Br)c(C(=O)OCc2nc3ccccc3c(=O)[nH]2)c1. The number of nitrogens with zero attached hydrogens (tertiary/aromatic N) is 1. The zero-order chi connectivity index (χ0) is 17.1. The normalized spacial score (nSPS) is 10.6. The van der Waals surface area contributed by atoms with Crippen molar-refractivity contribution in [1.29, 1.82) is 0 Å². The Labute approximate surface area is 145 Å². The number of benzene rings is 2.